The number of rotatable bonds is 4. The molecule has 0 aromatic heterocycles. The maximum absolute atomic E-state index is 12.7. The molecule has 1 N–H and O–H groups in total. The first-order chi connectivity index (χ1) is 12.9. The van der Waals surface area contributed by atoms with Gasteiger partial charge in [-0.1, -0.05) is 24.3 Å². The molecule has 1 fully saturated rings. The van der Waals surface area contributed by atoms with Gasteiger partial charge in [0, 0.05) is 0 Å². The van der Waals surface area contributed by atoms with E-state index in [2.05, 4.69) is 5.32 Å². The molecule has 0 radical (unpaired) electrons. The van der Waals surface area contributed by atoms with Crippen LogP contribution < -0.4 is 20.1 Å². The van der Waals surface area contributed by atoms with Crippen LogP contribution in [-0.4, -0.2) is 30.9 Å². The number of barbiturate groups is 1. The van der Waals surface area contributed by atoms with Crippen molar-refractivity contribution in [3.8, 4) is 5.75 Å². The minimum atomic E-state index is -1.34. The predicted octanol–water partition coefficient (Wildman–Crippen LogP) is 0.725. The number of hydrogen-bond acceptors (Lipinski definition) is 6. The smallest absolute Gasteiger partial charge is 0.335 e. The first-order valence-electron chi connectivity index (χ1n) is 7.77. The van der Waals surface area contributed by atoms with E-state index in [1.54, 1.807) is 12.1 Å². The Labute approximate surface area is 153 Å². The van der Waals surface area contributed by atoms with Gasteiger partial charge in [-0.2, -0.15) is 0 Å². The third-order valence-corrected chi connectivity index (χ3v) is 3.89. The van der Waals surface area contributed by atoms with Gasteiger partial charge in [-0.25, -0.2) is 9.69 Å². The van der Waals surface area contributed by atoms with E-state index in [-0.39, 0.29) is 16.8 Å². The van der Waals surface area contributed by atoms with Gasteiger partial charge in [0.25, 0.3) is 11.8 Å². The Balaban J connectivity index is 1.95. The van der Waals surface area contributed by atoms with E-state index in [1.807, 2.05) is 0 Å². The normalized spacial score (nSPS) is 15.7. The summed E-state index contributed by atoms with van der Waals surface area (Å²) in [6.07, 6.45) is 1.28. The summed E-state index contributed by atoms with van der Waals surface area (Å²) in [6.45, 7) is 0. The number of anilines is 1. The minimum absolute atomic E-state index is 0.0355. The molecule has 0 aliphatic carbocycles. The largest absolute Gasteiger partial charge is 0.545 e. The topological polar surface area (TPSA) is 116 Å². The number of amides is 4. The number of aromatic carboxylic acids is 1. The van der Waals surface area contributed by atoms with Crippen LogP contribution >= 0.6 is 0 Å². The van der Waals surface area contributed by atoms with Crippen LogP contribution in [0.3, 0.4) is 0 Å². The quantitative estimate of drug-likeness (QED) is 0.631. The second-order valence-electron chi connectivity index (χ2n) is 5.57. The van der Waals surface area contributed by atoms with E-state index in [1.165, 1.54) is 49.6 Å². The number of methoxy groups -OCH3 is 1. The number of ether oxygens (including phenoxy) is 1. The van der Waals surface area contributed by atoms with Crippen LogP contribution in [0, 0.1) is 0 Å². The number of carbonyl (C=O) groups is 4. The van der Waals surface area contributed by atoms with Gasteiger partial charge in [-0.05, 0) is 41.5 Å². The Morgan fingerprint density at radius 3 is 2.22 bits per heavy atom. The van der Waals surface area contributed by atoms with Gasteiger partial charge in [-0.15, -0.1) is 0 Å². The van der Waals surface area contributed by atoms with Crippen molar-refractivity contribution in [2.75, 3.05) is 12.0 Å². The number of benzene rings is 2. The molecule has 27 heavy (non-hydrogen) atoms. The number of carboxylic acid groups (broad SMARTS) is 1. The number of carbonyl (C=O) groups excluding carboxylic acids is 4. The Hall–Kier alpha value is -3.94. The number of nitrogens with one attached hydrogen (secondary N) is 1. The molecule has 1 aliphatic rings. The summed E-state index contributed by atoms with van der Waals surface area (Å²) < 4.78 is 5.04. The Kier molecular flexibility index (Phi) is 4.71. The van der Waals surface area contributed by atoms with Gasteiger partial charge in [-0.3, -0.25) is 14.9 Å². The maximum atomic E-state index is 12.7. The van der Waals surface area contributed by atoms with E-state index in [0.717, 1.165) is 4.90 Å². The third-order valence-electron chi connectivity index (χ3n) is 3.89. The molecular weight excluding hydrogens is 352 g/mol. The van der Waals surface area contributed by atoms with Crippen LogP contribution in [0.15, 0.2) is 54.1 Å². The van der Waals surface area contributed by atoms with Gasteiger partial charge in [0.2, 0.25) is 0 Å². The molecule has 2 aromatic rings. The molecule has 0 spiro atoms. The van der Waals surface area contributed by atoms with Crippen LogP contribution in [0.4, 0.5) is 10.5 Å². The molecule has 2 aromatic carbocycles. The molecule has 0 unspecified atom stereocenters. The Morgan fingerprint density at radius 1 is 1.04 bits per heavy atom. The van der Waals surface area contributed by atoms with E-state index in [4.69, 9.17) is 4.74 Å². The summed E-state index contributed by atoms with van der Waals surface area (Å²) in [5.74, 6) is -2.42. The molecule has 0 saturated carbocycles. The number of hydrogen-bond donors (Lipinski definition) is 1. The predicted molar refractivity (Wildman–Crippen MR) is 92.8 cm³/mol. The first-order valence-corrected chi connectivity index (χ1v) is 7.77. The lowest BCUT2D eigenvalue weighted by molar-refractivity contribution is -0.255. The molecule has 3 rings (SSSR count). The number of nitrogens with zero attached hydrogens (tertiary/aromatic N) is 1. The van der Waals surface area contributed by atoms with Crippen molar-refractivity contribution in [2.45, 2.75) is 0 Å². The van der Waals surface area contributed by atoms with Crippen LogP contribution in [0.5, 0.6) is 5.75 Å². The monoisotopic (exact) mass is 365 g/mol. The Bertz CT molecular complexity index is 961. The maximum Gasteiger partial charge on any atom is 0.335 e. The summed E-state index contributed by atoms with van der Waals surface area (Å²) in [7, 11) is 1.49. The highest BCUT2D eigenvalue weighted by atomic mass is 16.5. The van der Waals surface area contributed by atoms with Crippen LogP contribution in [0.2, 0.25) is 0 Å². The van der Waals surface area contributed by atoms with E-state index >= 15 is 0 Å². The standard InChI is InChI=1S/C19H14N2O6/c1-27-14-8-6-13(7-9-14)21-17(23)15(16(22)20-19(21)26)10-11-2-4-12(5-3-11)18(24)25/h2-10H,1H3,(H,24,25)(H,20,22,26)/p-1/b15-10+. The second-order valence-corrected chi connectivity index (χ2v) is 5.57. The fourth-order valence-electron chi connectivity index (χ4n) is 2.51. The summed E-state index contributed by atoms with van der Waals surface area (Å²) in [6, 6.07) is 10.7. The summed E-state index contributed by atoms with van der Waals surface area (Å²) >= 11 is 0. The fraction of sp³-hybridized carbons (Fsp3) is 0.0526. The van der Waals surface area contributed by atoms with Crippen LogP contribution in [0.1, 0.15) is 15.9 Å². The van der Waals surface area contributed by atoms with Gasteiger partial charge in [0.15, 0.2) is 0 Å². The van der Waals surface area contributed by atoms with Crippen molar-refractivity contribution < 1.29 is 29.0 Å². The van der Waals surface area contributed by atoms with Crippen molar-refractivity contribution >= 4 is 35.6 Å². The van der Waals surface area contributed by atoms with E-state index in [0.29, 0.717) is 11.3 Å². The minimum Gasteiger partial charge on any atom is -0.545 e. The van der Waals surface area contributed by atoms with Gasteiger partial charge >= 0.3 is 6.03 Å². The molecule has 1 heterocycles. The zero-order valence-corrected chi connectivity index (χ0v) is 14.1. The van der Waals surface area contributed by atoms with Crippen molar-refractivity contribution in [3.05, 3.63) is 65.2 Å². The molecule has 1 saturated heterocycles. The second kappa shape index (κ2) is 7.12. The highest BCUT2D eigenvalue weighted by Gasteiger charge is 2.36. The molecule has 1 aliphatic heterocycles. The molecule has 0 atom stereocenters. The fourth-order valence-corrected chi connectivity index (χ4v) is 2.51. The SMILES string of the molecule is COc1ccc(N2C(=O)NC(=O)/C(=C\c3ccc(C(=O)[O-])cc3)C2=O)cc1. The lowest BCUT2D eigenvalue weighted by Gasteiger charge is -2.26. The van der Waals surface area contributed by atoms with E-state index in [9.17, 15) is 24.3 Å². The lowest BCUT2D eigenvalue weighted by atomic mass is 10.1. The van der Waals surface area contributed by atoms with Crippen molar-refractivity contribution in [3.63, 3.8) is 0 Å². The zero-order chi connectivity index (χ0) is 19.6. The highest BCUT2D eigenvalue weighted by Crippen LogP contribution is 2.24. The number of carboxylic acids is 1. The molecule has 8 nitrogen and oxygen atoms in total. The number of urea groups is 1. The molecule has 0 bridgehead atoms. The molecule has 8 heteroatoms. The molecular formula is C19H13N2O6-. The van der Waals surface area contributed by atoms with Gasteiger partial charge in [0.1, 0.15) is 11.3 Å². The van der Waals surface area contributed by atoms with Crippen molar-refractivity contribution in [2.24, 2.45) is 0 Å². The number of imide groups is 2. The Morgan fingerprint density at radius 2 is 1.67 bits per heavy atom. The highest BCUT2D eigenvalue weighted by molar-refractivity contribution is 6.39. The zero-order valence-electron chi connectivity index (χ0n) is 14.1. The van der Waals surface area contributed by atoms with Crippen molar-refractivity contribution in [1.29, 1.82) is 0 Å². The molecule has 4 amide bonds. The molecule has 136 valence electrons. The van der Waals surface area contributed by atoms with E-state index < -0.39 is 23.8 Å². The van der Waals surface area contributed by atoms with Gasteiger partial charge in [0.05, 0.1) is 18.8 Å². The first kappa shape index (κ1) is 17.9. The third kappa shape index (κ3) is 3.54. The average Bonchev–Trinajstić information content (AvgIpc) is 2.66. The van der Waals surface area contributed by atoms with Crippen LogP contribution in [0.25, 0.3) is 6.08 Å². The van der Waals surface area contributed by atoms with Crippen LogP contribution in [-0.2, 0) is 9.59 Å². The van der Waals surface area contributed by atoms with Gasteiger partial charge < -0.3 is 14.6 Å². The summed E-state index contributed by atoms with van der Waals surface area (Å²) in [4.78, 5) is 48.6. The summed E-state index contributed by atoms with van der Waals surface area (Å²) in [5, 5.41) is 12.9. The lowest BCUT2D eigenvalue weighted by Crippen LogP contribution is -2.54. The van der Waals surface area contributed by atoms with Crippen molar-refractivity contribution in [1.82, 2.24) is 5.32 Å². The average molecular weight is 365 g/mol. The summed E-state index contributed by atoms with van der Waals surface area (Å²) in [5.41, 5.74) is 0.393.